The molecule has 0 atom stereocenters. The molecular weight excluding hydrogens is 410 g/mol. The molecule has 0 saturated heterocycles. The van der Waals surface area contributed by atoms with E-state index in [2.05, 4.69) is 5.32 Å². The van der Waals surface area contributed by atoms with Gasteiger partial charge in [0, 0.05) is 30.0 Å². The Morgan fingerprint density at radius 1 is 1.00 bits per heavy atom. The lowest BCUT2D eigenvalue weighted by Gasteiger charge is -2.19. The first-order chi connectivity index (χ1) is 14.5. The molecule has 2 aromatic carbocycles. The predicted molar refractivity (Wildman–Crippen MR) is 111 cm³/mol. The topological polar surface area (TPSA) is 91.6 Å². The highest BCUT2D eigenvalue weighted by atomic mass is 35.5. The number of ether oxygens (including phenoxy) is 2. The van der Waals surface area contributed by atoms with Gasteiger partial charge in [0.05, 0.1) is 5.69 Å². The SMILES string of the molecule is O=C(Cn1ccn(-c2ccc3c(c2)OCCO3)c(=O)c1=O)NCc1ccccc1Cl. The van der Waals surface area contributed by atoms with E-state index in [1.54, 1.807) is 36.4 Å². The predicted octanol–water partition coefficient (Wildman–Crippen LogP) is 1.74. The van der Waals surface area contributed by atoms with Gasteiger partial charge in [0.1, 0.15) is 19.8 Å². The van der Waals surface area contributed by atoms with Crippen molar-refractivity contribution in [2.75, 3.05) is 13.2 Å². The minimum absolute atomic E-state index is 0.224. The van der Waals surface area contributed by atoms with Crippen LogP contribution in [0.2, 0.25) is 5.02 Å². The smallest absolute Gasteiger partial charge is 0.320 e. The molecule has 1 amide bonds. The van der Waals surface area contributed by atoms with Crippen molar-refractivity contribution in [3.05, 3.63) is 86.2 Å². The maximum atomic E-state index is 12.6. The van der Waals surface area contributed by atoms with Gasteiger partial charge in [0.25, 0.3) is 0 Å². The molecule has 0 spiro atoms. The van der Waals surface area contributed by atoms with Gasteiger partial charge >= 0.3 is 11.1 Å². The maximum Gasteiger partial charge on any atom is 0.320 e. The van der Waals surface area contributed by atoms with Crippen LogP contribution in [-0.2, 0) is 17.9 Å². The maximum absolute atomic E-state index is 12.6. The summed E-state index contributed by atoms with van der Waals surface area (Å²) in [6.45, 7) is 0.819. The Hall–Kier alpha value is -3.52. The van der Waals surface area contributed by atoms with Gasteiger partial charge in [0.15, 0.2) is 11.5 Å². The molecule has 30 heavy (non-hydrogen) atoms. The molecule has 2 heterocycles. The lowest BCUT2D eigenvalue weighted by molar-refractivity contribution is -0.121. The molecule has 1 aliphatic heterocycles. The summed E-state index contributed by atoms with van der Waals surface area (Å²) in [6, 6.07) is 12.1. The summed E-state index contributed by atoms with van der Waals surface area (Å²) in [5, 5.41) is 3.23. The van der Waals surface area contributed by atoms with Crippen LogP contribution >= 0.6 is 11.6 Å². The summed E-state index contributed by atoms with van der Waals surface area (Å²) in [5.74, 6) is 0.684. The second-order valence-corrected chi connectivity index (χ2v) is 7.01. The zero-order valence-corrected chi connectivity index (χ0v) is 16.6. The summed E-state index contributed by atoms with van der Waals surface area (Å²) in [5.41, 5.74) is -0.348. The van der Waals surface area contributed by atoms with E-state index in [9.17, 15) is 14.4 Å². The van der Waals surface area contributed by atoms with Crippen LogP contribution in [0.4, 0.5) is 0 Å². The molecule has 1 aromatic heterocycles. The fourth-order valence-electron chi connectivity index (χ4n) is 3.06. The Balaban J connectivity index is 1.50. The number of amides is 1. The molecule has 0 bridgehead atoms. The first-order valence-corrected chi connectivity index (χ1v) is 9.63. The Labute approximate surface area is 176 Å². The Kier molecular flexibility index (Phi) is 5.58. The van der Waals surface area contributed by atoms with E-state index >= 15 is 0 Å². The number of fused-ring (bicyclic) bond motifs is 1. The van der Waals surface area contributed by atoms with Crippen LogP contribution in [0.5, 0.6) is 11.5 Å². The summed E-state index contributed by atoms with van der Waals surface area (Å²) in [4.78, 5) is 37.3. The lowest BCUT2D eigenvalue weighted by atomic mass is 10.2. The molecule has 1 aliphatic rings. The number of hydrogen-bond donors (Lipinski definition) is 1. The molecule has 1 N–H and O–H groups in total. The van der Waals surface area contributed by atoms with Gasteiger partial charge < -0.3 is 14.8 Å². The van der Waals surface area contributed by atoms with Crippen LogP contribution in [0.1, 0.15) is 5.56 Å². The minimum Gasteiger partial charge on any atom is -0.486 e. The fourth-order valence-corrected chi connectivity index (χ4v) is 3.27. The van der Waals surface area contributed by atoms with Gasteiger partial charge in [-0.15, -0.1) is 0 Å². The highest BCUT2D eigenvalue weighted by Crippen LogP contribution is 2.31. The quantitative estimate of drug-likeness (QED) is 0.626. The zero-order valence-electron chi connectivity index (χ0n) is 15.8. The number of benzene rings is 2. The molecule has 4 rings (SSSR count). The van der Waals surface area contributed by atoms with Gasteiger partial charge in [-0.25, -0.2) is 0 Å². The van der Waals surface area contributed by atoms with Gasteiger partial charge in [0.2, 0.25) is 5.91 Å². The molecule has 0 aliphatic carbocycles. The third-order valence-corrected chi connectivity index (χ3v) is 4.98. The molecule has 0 saturated carbocycles. The van der Waals surface area contributed by atoms with Crippen LogP contribution in [0.15, 0.2) is 64.4 Å². The Bertz CT molecular complexity index is 1220. The van der Waals surface area contributed by atoms with Crippen molar-refractivity contribution in [1.29, 1.82) is 0 Å². The Morgan fingerprint density at radius 3 is 2.57 bits per heavy atom. The van der Waals surface area contributed by atoms with E-state index in [-0.39, 0.29) is 13.1 Å². The monoisotopic (exact) mass is 427 g/mol. The summed E-state index contributed by atoms with van der Waals surface area (Å²) in [6.07, 6.45) is 2.84. The Morgan fingerprint density at radius 2 is 1.77 bits per heavy atom. The van der Waals surface area contributed by atoms with Crippen molar-refractivity contribution in [3.8, 4) is 17.2 Å². The average Bonchev–Trinajstić information content (AvgIpc) is 2.76. The number of nitrogens with one attached hydrogen (secondary N) is 1. The highest BCUT2D eigenvalue weighted by molar-refractivity contribution is 6.31. The van der Waals surface area contributed by atoms with Crippen LogP contribution in [0, 0.1) is 0 Å². The van der Waals surface area contributed by atoms with Crippen molar-refractivity contribution in [3.63, 3.8) is 0 Å². The number of aromatic nitrogens is 2. The van der Waals surface area contributed by atoms with Crippen LogP contribution in [-0.4, -0.2) is 28.3 Å². The second-order valence-electron chi connectivity index (χ2n) is 6.60. The lowest BCUT2D eigenvalue weighted by Crippen LogP contribution is -2.42. The average molecular weight is 428 g/mol. The first-order valence-electron chi connectivity index (χ1n) is 9.25. The third kappa shape index (κ3) is 4.08. The van der Waals surface area contributed by atoms with Gasteiger partial charge in [-0.3, -0.25) is 23.5 Å². The molecule has 154 valence electrons. The standard InChI is InChI=1S/C21H18ClN3O5/c22-16-4-2-1-3-14(16)12-23-19(26)13-24-7-8-25(21(28)20(24)27)15-5-6-17-18(11-15)30-10-9-29-17/h1-8,11H,9-10,12-13H2,(H,23,26). The van der Waals surface area contributed by atoms with Crippen LogP contribution in [0.25, 0.3) is 5.69 Å². The molecule has 0 unspecified atom stereocenters. The molecule has 9 heteroatoms. The van der Waals surface area contributed by atoms with Crippen LogP contribution in [0.3, 0.4) is 0 Å². The third-order valence-electron chi connectivity index (χ3n) is 4.61. The van der Waals surface area contributed by atoms with Crippen molar-refractivity contribution in [1.82, 2.24) is 14.5 Å². The van der Waals surface area contributed by atoms with E-state index in [1.807, 2.05) is 6.07 Å². The van der Waals surface area contributed by atoms with Crippen molar-refractivity contribution in [2.45, 2.75) is 13.1 Å². The summed E-state index contributed by atoms with van der Waals surface area (Å²) in [7, 11) is 0. The highest BCUT2D eigenvalue weighted by Gasteiger charge is 2.15. The molecule has 3 aromatic rings. The molecular formula is C21H18ClN3O5. The van der Waals surface area contributed by atoms with Gasteiger partial charge in [-0.2, -0.15) is 0 Å². The normalized spacial score (nSPS) is 12.4. The number of nitrogens with zero attached hydrogens (tertiary/aromatic N) is 2. The van der Waals surface area contributed by atoms with Crippen molar-refractivity contribution in [2.24, 2.45) is 0 Å². The van der Waals surface area contributed by atoms with Gasteiger partial charge in [-0.05, 0) is 23.8 Å². The summed E-state index contributed by atoms with van der Waals surface area (Å²) >= 11 is 6.07. The van der Waals surface area contributed by atoms with E-state index in [4.69, 9.17) is 21.1 Å². The number of rotatable bonds is 5. The molecule has 0 fully saturated rings. The zero-order chi connectivity index (χ0) is 21.1. The minimum atomic E-state index is -0.805. The van der Waals surface area contributed by atoms with Crippen LogP contribution < -0.4 is 25.9 Å². The largest absolute Gasteiger partial charge is 0.486 e. The van der Waals surface area contributed by atoms with Crippen molar-refractivity contribution < 1.29 is 14.3 Å². The van der Waals surface area contributed by atoms with Crippen molar-refractivity contribution >= 4 is 17.5 Å². The van der Waals surface area contributed by atoms with E-state index < -0.39 is 17.0 Å². The van der Waals surface area contributed by atoms with Gasteiger partial charge in [-0.1, -0.05) is 29.8 Å². The molecule has 0 radical (unpaired) electrons. The number of halogens is 1. The number of carbonyl (C=O) groups is 1. The van der Waals surface area contributed by atoms with E-state index in [0.29, 0.717) is 35.4 Å². The summed E-state index contributed by atoms with van der Waals surface area (Å²) < 4.78 is 13.3. The second kappa shape index (κ2) is 8.46. The van der Waals surface area contributed by atoms with E-state index in [0.717, 1.165) is 10.1 Å². The number of carbonyl (C=O) groups excluding carboxylic acids is 1. The number of hydrogen-bond acceptors (Lipinski definition) is 5. The molecule has 8 nitrogen and oxygen atoms in total. The van der Waals surface area contributed by atoms with E-state index in [1.165, 1.54) is 17.0 Å². The first kappa shape index (κ1) is 19.8. The fraction of sp³-hybridized carbons (Fsp3) is 0.190.